The molecule has 1 aromatic rings. The van der Waals surface area contributed by atoms with Crippen LogP contribution in [0.2, 0.25) is 5.02 Å². The maximum Gasteiger partial charge on any atom is 0.0412 e. The largest absolute Gasteiger partial charge is 0.0961 e. The van der Waals surface area contributed by atoms with Gasteiger partial charge >= 0.3 is 0 Å². The van der Waals surface area contributed by atoms with Crippen molar-refractivity contribution in [3.63, 3.8) is 0 Å². The SMILES string of the molecule is C=C(C)/C=c1/ccc(Cl)c/c1=C/C. The molecule has 0 heterocycles. The molecule has 68 valence electrons. The predicted octanol–water partition coefficient (Wildman–Crippen LogP) is 2.50. The summed E-state index contributed by atoms with van der Waals surface area (Å²) in [4.78, 5) is 0. The van der Waals surface area contributed by atoms with Crippen LogP contribution in [0, 0.1) is 0 Å². The summed E-state index contributed by atoms with van der Waals surface area (Å²) < 4.78 is 0. The normalized spacial score (nSPS) is 13.5. The summed E-state index contributed by atoms with van der Waals surface area (Å²) in [5.74, 6) is 0. The molecular weight excluding hydrogens is 180 g/mol. The molecule has 13 heavy (non-hydrogen) atoms. The lowest BCUT2D eigenvalue weighted by Gasteiger charge is -1.92. The Morgan fingerprint density at radius 1 is 1.38 bits per heavy atom. The summed E-state index contributed by atoms with van der Waals surface area (Å²) in [6.07, 6.45) is 4.09. The molecule has 0 atom stereocenters. The standard InChI is InChI=1S/C12H13Cl/c1-4-10-8-12(13)6-5-11(10)7-9(2)3/h4-8H,2H2,1,3H3/b10-4-,11-7-. The Kier molecular flexibility index (Phi) is 3.32. The van der Waals surface area contributed by atoms with E-state index in [2.05, 4.69) is 6.58 Å². The van der Waals surface area contributed by atoms with E-state index in [9.17, 15) is 0 Å². The highest BCUT2D eigenvalue weighted by atomic mass is 35.5. The average molecular weight is 193 g/mol. The predicted molar refractivity (Wildman–Crippen MR) is 60.1 cm³/mol. The van der Waals surface area contributed by atoms with E-state index in [1.54, 1.807) is 0 Å². The van der Waals surface area contributed by atoms with Crippen molar-refractivity contribution in [1.82, 2.24) is 0 Å². The number of hydrogen-bond acceptors (Lipinski definition) is 0. The Morgan fingerprint density at radius 3 is 2.62 bits per heavy atom. The molecule has 0 saturated heterocycles. The van der Waals surface area contributed by atoms with Crippen LogP contribution in [0.4, 0.5) is 0 Å². The maximum atomic E-state index is 5.88. The quantitative estimate of drug-likeness (QED) is 0.642. The average Bonchev–Trinajstić information content (AvgIpc) is 2.07. The molecule has 0 saturated carbocycles. The molecule has 0 aliphatic heterocycles. The minimum absolute atomic E-state index is 0.770. The zero-order valence-corrected chi connectivity index (χ0v) is 8.73. The van der Waals surface area contributed by atoms with Gasteiger partial charge in [-0.05, 0) is 36.4 Å². The summed E-state index contributed by atoms with van der Waals surface area (Å²) in [7, 11) is 0. The van der Waals surface area contributed by atoms with Gasteiger partial charge in [-0.25, -0.2) is 0 Å². The fourth-order valence-electron chi connectivity index (χ4n) is 1.19. The number of hydrogen-bond donors (Lipinski definition) is 0. The van der Waals surface area contributed by atoms with E-state index in [0.717, 1.165) is 15.8 Å². The Labute approximate surface area is 83.9 Å². The van der Waals surface area contributed by atoms with Crippen molar-refractivity contribution in [2.24, 2.45) is 0 Å². The van der Waals surface area contributed by atoms with Gasteiger partial charge in [0.1, 0.15) is 0 Å². The fraction of sp³-hybridized carbons (Fsp3) is 0.167. The summed E-state index contributed by atoms with van der Waals surface area (Å²) in [5, 5.41) is 3.09. The van der Waals surface area contributed by atoms with E-state index in [1.807, 2.05) is 44.2 Å². The van der Waals surface area contributed by atoms with Crippen LogP contribution in [0.3, 0.4) is 0 Å². The van der Waals surface area contributed by atoms with Gasteiger partial charge < -0.3 is 0 Å². The van der Waals surface area contributed by atoms with Crippen LogP contribution in [0.5, 0.6) is 0 Å². The zero-order valence-electron chi connectivity index (χ0n) is 7.97. The van der Waals surface area contributed by atoms with Crippen molar-refractivity contribution in [2.45, 2.75) is 13.8 Å². The second kappa shape index (κ2) is 4.29. The third-order valence-corrected chi connectivity index (χ3v) is 2.00. The van der Waals surface area contributed by atoms with Gasteiger partial charge in [0.15, 0.2) is 0 Å². The number of allylic oxidation sites excluding steroid dienone is 1. The highest BCUT2D eigenvalue weighted by Crippen LogP contribution is 1.99. The second-order valence-electron chi connectivity index (χ2n) is 3.05. The molecule has 0 N–H and O–H groups in total. The summed E-state index contributed by atoms with van der Waals surface area (Å²) >= 11 is 5.88. The Bertz CT molecular complexity index is 427. The smallest absolute Gasteiger partial charge is 0.0412 e. The molecule has 0 aromatic heterocycles. The molecule has 0 amide bonds. The molecular formula is C12H13Cl. The molecule has 0 fully saturated rings. The van der Waals surface area contributed by atoms with Crippen molar-refractivity contribution in [2.75, 3.05) is 0 Å². The van der Waals surface area contributed by atoms with Crippen molar-refractivity contribution in [1.29, 1.82) is 0 Å². The van der Waals surface area contributed by atoms with Gasteiger partial charge in [0.2, 0.25) is 0 Å². The van der Waals surface area contributed by atoms with Gasteiger partial charge in [0.05, 0.1) is 0 Å². The molecule has 1 rings (SSSR count). The molecule has 1 aromatic carbocycles. The van der Waals surface area contributed by atoms with Gasteiger partial charge in [-0.1, -0.05) is 42.0 Å². The summed E-state index contributed by atoms with van der Waals surface area (Å²) in [6, 6.07) is 5.85. The summed E-state index contributed by atoms with van der Waals surface area (Å²) in [5.41, 5.74) is 1.05. The van der Waals surface area contributed by atoms with Gasteiger partial charge in [-0.3, -0.25) is 0 Å². The number of halogens is 1. The lowest BCUT2D eigenvalue weighted by Crippen LogP contribution is -2.23. The van der Waals surface area contributed by atoms with E-state index in [4.69, 9.17) is 11.6 Å². The van der Waals surface area contributed by atoms with Crippen molar-refractivity contribution in [3.8, 4) is 0 Å². The first-order valence-corrected chi connectivity index (χ1v) is 4.60. The van der Waals surface area contributed by atoms with Gasteiger partial charge in [-0.15, -0.1) is 0 Å². The monoisotopic (exact) mass is 192 g/mol. The van der Waals surface area contributed by atoms with Crippen LogP contribution in [0.15, 0.2) is 30.4 Å². The molecule has 0 aliphatic carbocycles. The molecule has 0 radical (unpaired) electrons. The Hall–Kier alpha value is -1.01. The van der Waals surface area contributed by atoms with Crippen LogP contribution < -0.4 is 10.4 Å². The molecule has 0 nitrogen and oxygen atoms in total. The van der Waals surface area contributed by atoms with Crippen LogP contribution in [0.25, 0.3) is 12.2 Å². The first kappa shape index (κ1) is 10.1. The second-order valence-corrected chi connectivity index (χ2v) is 3.49. The highest BCUT2D eigenvalue weighted by molar-refractivity contribution is 6.30. The van der Waals surface area contributed by atoms with Crippen molar-refractivity contribution in [3.05, 3.63) is 45.8 Å². The maximum absolute atomic E-state index is 5.88. The van der Waals surface area contributed by atoms with Crippen molar-refractivity contribution < 1.29 is 0 Å². The van der Waals surface area contributed by atoms with Crippen LogP contribution in [-0.2, 0) is 0 Å². The van der Waals surface area contributed by atoms with E-state index in [-0.39, 0.29) is 0 Å². The molecule has 0 spiro atoms. The highest BCUT2D eigenvalue weighted by Gasteiger charge is 1.87. The molecule has 0 bridgehead atoms. The minimum Gasteiger partial charge on any atom is -0.0961 e. The van der Waals surface area contributed by atoms with Crippen LogP contribution in [0.1, 0.15) is 13.8 Å². The van der Waals surface area contributed by atoms with E-state index >= 15 is 0 Å². The first-order chi connectivity index (χ1) is 6.13. The van der Waals surface area contributed by atoms with E-state index < -0.39 is 0 Å². The molecule has 1 heteroatoms. The number of rotatable bonds is 1. The van der Waals surface area contributed by atoms with Crippen LogP contribution >= 0.6 is 11.6 Å². The van der Waals surface area contributed by atoms with Gasteiger partial charge in [0, 0.05) is 5.02 Å². The van der Waals surface area contributed by atoms with Gasteiger partial charge in [-0.2, -0.15) is 0 Å². The lowest BCUT2D eigenvalue weighted by molar-refractivity contribution is 1.48. The topological polar surface area (TPSA) is 0 Å². The Morgan fingerprint density at radius 2 is 2.08 bits per heavy atom. The van der Waals surface area contributed by atoms with Crippen LogP contribution in [-0.4, -0.2) is 0 Å². The van der Waals surface area contributed by atoms with Gasteiger partial charge in [0.25, 0.3) is 0 Å². The molecule has 0 unspecified atom stereocenters. The lowest BCUT2D eigenvalue weighted by atomic mass is 10.2. The number of benzene rings is 1. The van der Waals surface area contributed by atoms with E-state index in [0.29, 0.717) is 0 Å². The third-order valence-electron chi connectivity index (χ3n) is 1.76. The van der Waals surface area contributed by atoms with E-state index in [1.165, 1.54) is 5.22 Å². The molecule has 0 aliphatic rings. The summed E-state index contributed by atoms with van der Waals surface area (Å²) in [6.45, 7) is 7.83. The fourth-order valence-corrected chi connectivity index (χ4v) is 1.37. The minimum atomic E-state index is 0.770. The Balaban J connectivity index is 3.48. The van der Waals surface area contributed by atoms with Crippen molar-refractivity contribution >= 4 is 23.8 Å². The first-order valence-electron chi connectivity index (χ1n) is 4.22. The third kappa shape index (κ3) is 2.74. The zero-order chi connectivity index (χ0) is 9.84.